The number of aliphatic hydroxyl groups is 1. The van der Waals surface area contributed by atoms with Crippen LogP contribution in [0.4, 0.5) is 0 Å². The molecule has 1 aliphatic heterocycles. The summed E-state index contributed by atoms with van der Waals surface area (Å²) < 4.78 is 5.33. The second-order valence-corrected chi connectivity index (χ2v) is 5.35. The first-order valence-electron chi connectivity index (χ1n) is 6.69. The van der Waals surface area contributed by atoms with Crippen molar-refractivity contribution in [1.82, 2.24) is 0 Å². The van der Waals surface area contributed by atoms with Crippen molar-refractivity contribution in [3.8, 4) is 0 Å². The molecule has 2 nitrogen and oxygen atoms in total. The molecule has 1 aromatic carbocycles. The topological polar surface area (TPSA) is 29.5 Å². The van der Waals surface area contributed by atoms with Gasteiger partial charge in [0, 0.05) is 12.5 Å². The van der Waals surface area contributed by atoms with Crippen molar-refractivity contribution in [2.45, 2.75) is 38.2 Å². The van der Waals surface area contributed by atoms with Gasteiger partial charge in [-0.05, 0) is 48.8 Å². The summed E-state index contributed by atoms with van der Waals surface area (Å²) in [6.45, 7) is 1.54. The van der Waals surface area contributed by atoms with E-state index < -0.39 is 0 Å². The van der Waals surface area contributed by atoms with Crippen LogP contribution in [0.5, 0.6) is 0 Å². The maximum Gasteiger partial charge on any atom is 0.0631 e. The molecule has 1 aromatic rings. The molecule has 0 bridgehead atoms. The Morgan fingerprint density at radius 3 is 3.00 bits per heavy atom. The van der Waals surface area contributed by atoms with E-state index >= 15 is 0 Å². The fourth-order valence-corrected chi connectivity index (χ4v) is 3.02. The van der Waals surface area contributed by atoms with Crippen molar-refractivity contribution in [1.29, 1.82) is 0 Å². The van der Waals surface area contributed by atoms with E-state index in [1.165, 1.54) is 36.0 Å². The fraction of sp³-hybridized carbons (Fsp3) is 0.600. The van der Waals surface area contributed by atoms with E-state index in [0.29, 0.717) is 5.92 Å². The van der Waals surface area contributed by atoms with Crippen LogP contribution in [0.3, 0.4) is 0 Å². The van der Waals surface area contributed by atoms with Crippen LogP contribution >= 0.6 is 0 Å². The lowest BCUT2D eigenvalue weighted by molar-refractivity contribution is 0.0918. The average Bonchev–Trinajstić information content (AvgIpc) is 2.99. The summed E-state index contributed by atoms with van der Waals surface area (Å²) in [6.07, 6.45) is 5.28. The lowest BCUT2D eigenvalue weighted by Crippen LogP contribution is -2.23. The van der Waals surface area contributed by atoms with E-state index in [9.17, 15) is 5.11 Å². The van der Waals surface area contributed by atoms with Gasteiger partial charge in [-0.25, -0.2) is 0 Å². The van der Waals surface area contributed by atoms with Gasteiger partial charge in [0.05, 0.1) is 12.7 Å². The van der Waals surface area contributed by atoms with Gasteiger partial charge in [0.15, 0.2) is 0 Å². The number of hydrogen-bond donors (Lipinski definition) is 1. The van der Waals surface area contributed by atoms with E-state index in [1.807, 2.05) is 0 Å². The molecule has 0 saturated carbocycles. The minimum Gasteiger partial charge on any atom is -0.392 e. The number of hydrogen-bond acceptors (Lipinski definition) is 2. The third kappa shape index (κ3) is 2.38. The first-order chi connectivity index (χ1) is 8.33. The Morgan fingerprint density at radius 2 is 2.18 bits per heavy atom. The molecule has 1 heterocycles. The quantitative estimate of drug-likeness (QED) is 0.865. The highest BCUT2D eigenvalue weighted by atomic mass is 16.5. The molecule has 17 heavy (non-hydrogen) atoms. The van der Waals surface area contributed by atoms with Crippen LogP contribution in [0.15, 0.2) is 18.2 Å². The smallest absolute Gasteiger partial charge is 0.0631 e. The number of fused-ring (bicyclic) bond motifs is 1. The molecule has 1 N–H and O–H groups in total. The van der Waals surface area contributed by atoms with Crippen LogP contribution in [0, 0.1) is 5.92 Å². The van der Waals surface area contributed by atoms with Crippen LogP contribution in [-0.4, -0.2) is 24.4 Å². The molecule has 0 radical (unpaired) electrons. The first-order valence-corrected chi connectivity index (χ1v) is 6.69. The van der Waals surface area contributed by atoms with E-state index in [0.717, 1.165) is 26.1 Å². The van der Waals surface area contributed by atoms with E-state index in [-0.39, 0.29) is 6.10 Å². The third-order valence-electron chi connectivity index (χ3n) is 4.12. The Bertz CT molecular complexity index is 394. The summed E-state index contributed by atoms with van der Waals surface area (Å²) >= 11 is 0. The summed E-state index contributed by atoms with van der Waals surface area (Å²) in [5.41, 5.74) is 4.29. The largest absolute Gasteiger partial charge is 0.392 e. The molecule has 1 fully saturated rings. The monoisotopic (exact) mass is 232 g/mol. The normalized spacial score (nSPS) is 24.9. The predicted molar refractivity (Wildman–Crippen MR) is 67.1 cm³/mol. The molecule has 2 unspecified atom stereocenters. The summed E-state index contributed by atoms with van der Waals surface area (Å²) in [5.74, 6) is 0.336. The Hall–Kier alpha value is -0.860. The van der Waals surface area contributed by atoms with E-state index in [2.05, 4.69) is 18.2 Å². The number of benzene rings is 1. The SMILES string of the molecule is OC(Cc1ccc2c(c1)CCC2)C1CCOC1. The van der Waals surface area contributed by atoms with Crippen LogP contribution in [0.1, 0.15) is 29.5 Å². The van der Waals surface area contributed by atoms with Gasteiger partial charge in [0.2, 0.25) is 0 Å². The maximum absolute atomic E-state index is 10.2. The van der Waals surface area contributed by atoms with Crippen molar-refractivity contribution in [2.24, 2.45) is 5.92 Å². The Kier molecular flexibility index (Phi) is 3.17. The molecule has 2 heteroatoms. The van der Waals surface area contributed by atoms with Gasteiger partial charge < -0.3 is 9.84 Å². The molecule has 1 saturated heterocycles. The van der Waals surface area contributed by atoms with Gasteiger partial charge in [-0.1, -0.05) is 18.2 Å². The highest BCUT2D eigenvalue weighted by Gasteiger charge is 2.24. The van der Waals surface area contributed by atoms with E-state index in [4.69, 9.17) is 4.74 Å². The van der Waals surface area contributed by atoms with Gasteiger partial charge in [0.25, 0.3) is 0 Å². The maximum atomic E-state index is 10.2. The fourth-order valence-electron chi connectivity index (χ4n) is 3.02. The number of aryl methyl sites for hydroxylation is 2. The van der Waals surface area contributed by atoms with Crippen molar-refractivity contribution in [2.75, 3.05) is 13.2 Å². The lowest BCUT2D eigenvalue weighted by atomic mass is 9.94. The third-order valence-corrected chi connectivity index (χ3v) is 4.12. The van der Waals surface area contributed by atoms with Crippen molar-refractivity contribution in [3.05, 3.63) is 34.9 Å². The average molecular weight is 232 g/mol. The lowest BCUT2D eigenvalue weighted by Gasteiger charge is -2.16. The summed E-state index contributed by atoms with van der Waals surface area (Å²) in [5, 5.41) is 10.2. The molecular weight excluding hydrogens is 212 g/mol. The van der Waals surface area contributed by atoms with Gasteiger partial charge in [0.1, 0.15) is 0 Å². The van der Waals surface area contributed by atoms with Crippen molar-refractivity contribution < 1.29 is 9.84 Å². The number of ether oxygens (including phenoxy) is 1. The Labute approximate surface area is 103 Å². The molecule has 92 valence electrons. The second-order valence-electron chi connectivity index (χ2n) is 5.35. The van der Waals surface area contributed by atoms with Gasteiger partial charge in [-0.15, -0.1) is 0 Å². The first kappa shape index (κ1) is 11.2. The highest BCUT2D eigenvalue weighted by molar-refractivity contribution is 5.35. The van der Waals surface area contributed by atoms with Crippen LogP contribution in [0.25, 0.3) is 0 Å². The standard InChI is InChI=1S/C15H20O2/c16-15(14-6-7-17-10-14)9-11-4-5-12-2-1-3-13(12)8-11/h4-5,8,14-16H,1-3,6-7,9-10H2. The molecule has 0 spiro atoms. The molecule has 1 aliphatic carbocycles. The molecule has 0 aromatic heterocycles. The second kappa shape index (κ2) is 4.79. The minimum atomic E-state index is -0.239. The van der Waals surface area contributed by atoms with Crippen LogP contribution < -0.4 is 0 Å². The van der Waals surface area contributed by atoms with Crippen molar-refractivity contribution in [3.63, 3.8) is 0 Å². The zero-order valence-corrected chi connectivity index (χ0v) is 10.2. The molecular formula is C15H20O2. The molecule has 2 atom stereocenters. The number of rotatable bonds is 3. The van der Waals surface area contributed by atoms with Gasteiger partial charge >= 0.3 is 0 Å². The molecule has 0 amide bonds. The van der Waals surface area contributed by atoms with Crippen LogP contribution in [-0.2, 0) is 24.0 Å². The van der Waals surface area contributed by atoms with Gasteiger partial charge in [-0.3, -0.25) is 0 Å². The zero-order valence-electron chi connectivity index (χ0n) is 10.2. The Morgan fingerprint density at radius 1 is 1.29 bits per heavy atom. The highest BCUT2D eigenvalue weighted by Crippen LogP contribution is 2.25. The van der Waals surface area contributed by atoms with Crippen LogP contribution in [0.2, 0.25) is 0 Å². The Balaban J connectivity index is 1.68. The predicted octanol–water partition coefficient (Wildman–Crippen LogP) is 2.12. The van der Waals surface area contributed by atoms with Gasteiger partial charge in [-0.2, -0.15) is 0 Å². The zero-order chi connectivity index (χ0) is 11.7. The number of aliphatic hydroxyl groups excluding tert-OH is 1. The van der Waals surface area contributed by atoms with E-state index in [1.54, 1.807) is 0 Å². The molecule has 2 aliphatic rings. The molecule has 3 rings (SSSR count). The summed E-state index contributed by atoms with van der Waals surface area (Å²) in [4.78, 5) is 0. The minimum absolute atomic E-state index is 0.239. The summed E-state index contributed by atoms with van der Waals surface area (Å²) in [6, 6.07) is 6.72. The van der Waals surface area contributed by atoms with Crippen molar-refractivity contribution >= 4 is 0 Å². The summed E-state index contributed by atoms with van der Waals surface area (Å²) in [7, 11) is 0.